The van der Waals surface area contributed by atoms with Gasteiger partial charge in [-0.25, -0.2) is 0 Å². The predicted molar refractivity (Wildman–Crippen MR) is 394 cm³/mol. The maximum absolute atomic E-state index is 13.7. The maximum atomic E-state index is 13.7. The summed E-state index contributed by atoms with van der Waals surface area (Å²) in [5.41, 5.74) is 5.48. The van der Waals surface area contributed by atoms with Gasteiger partial charge in [0.15, 0.2) is 0 Å². The van der Waals surface area contributed by atoms with Crippen molar-refractivity contribution in [1.82, 2.24) is 0 Å². The lowest BCUT2D eigenvalue weighted by molar-refractivity contribution is -0.114. The molecule has 0 saturated carbocycles. The van der Waals surface area contributed by atoms with E-state index in [4.69, 9.17) is 72.2 Å². The molecule has 16 heteroatoms. The molecule has 100 heavy (non-hydrogen) atoms. The fourth-order valence-corrected chi connectivity index (χ4v) is 12.0. The van der Waals surface area contributed by atoms with Crippen LogP contribution in [0.3, 0.4) is 0 Å². The van der Waals surface area contributed by atoms with Crippen LogP contribution in [0.4, 0.5) is 0 Å². The average molecular weight is 1380 g/mol. The Morgan fingerprint density at radius 2 is 0.450 bits per heavy atom. The number of benzene rings is 7. The van der Waals surface area contributed by atoms with Crippen molar-refractivity contribution in [2.75, 3.05) is 92.5 Å². The summed E-state index contributed by atoms with van der Waals surface area (Å²) in [5, 5.41) is 40.3. The van der Waals surface area contributed by atoms with Gasteiger partial charge < -0.3 is 77.3 Å². The maximum Gasteiger partial charge on any atom is 0.100 e. The number of hydrogen-bond donors (Lipinski definition) is 4. The highest BCUT2D eigenvalue weighted by molar-refractivity contribution is 5.60. The molecule has 13 atom stereocenters. The Labute approximate surface area is 597 Å². The van der Waals surface area contributed by atoms with Gasteiger partial charge in [-0.05, 0) is 115 Å². The van der Waals surface area contributed by atoms with E-state index in [2.05, 4.69) is 182 Å². The normalized spacial score (nSPS) is 16.0. The molecule has 0 radical (unpaired) electrons. The molecule has 0 fully saturated rings. The van der Waals surface area contributed by atoms with Crippen molar-refractivity contribution >= 4 is 0 Å². The highest BCUT2D eigenvalue weighted by atomic mass is 16.6. The zero-order valence-corrected chi connectivity index (χ0v) is 61.1. The minimum Gasteiger partial charge on any atom is -0.394 e. The smallest absolute Gasteiger partial charge is 0.100 e. The minimum absolute atomic E-state index is 0.0157. The lowest BCUT2D eigenvalue weighted by Crippen LogP contribution is -2.57. The summed E-state index contributed by atoms with van der Waals surface area (Å²) in [6.07, 6.45) is -3.65. The summed E-state index contributed by atoms with van der Waals surface area (Å²) < 4.78 is 72.1. The summed E-state index contributed by atoms with van der Waals surface area (Å²) in [6.45, 7) is 26.1. The van der Waals surface area contributed by atoms with Gasteiger partial charge in [-0.1, -0.05) is 212 Å². The summed E-state index contributed by atoms with van der Waals surface area (Å²) in [5.74, 6) is -0.615. The Hall–Kier alpha value is -6.10. The van der Waals surface area contributed by atoms with Crippen molar-refractivity contribution in [2.24, 2.45) is 5.92 Å². The molecule has 4 N–H and O–H groups in total. The summed E-state index contributed by atoms with van der Waals surface area (Å²) in [4.78, 5) is 0. The molecule has 0 aliphatic rings. The minimum atomic E-state index is -1.05. The molecule has 7 rings (SSSR count). The molecule has 7 aromatic rings. The third-order valence-corrected chi connectivity index (χ3v) is 17.3. The number of aliphatic hydroxyl groups excluding tert-OH is 4. The van der Waals surface area contributed by atoms with E-state index in [1.165, 1.54) is 0 Å². The van der Waals surface area contributed by atoms with Crippen molar-refractivity contribution < 1.29 is 77.3 Å². The van der Waals surface area contributed by atoms with Crippen LogP contribution in [0.1, 0.15) is 115 Å². The van der Waals surface area contributed by atoms with Crippen LogP contribution in [0.5, 0.6) is 0 Å². The molecule has 0 aliphatic heterocycles. The van der Waals surface area contributed by atoms with Crippen LogP contribution in [-0.2, 0) is 74.3 Å². The average Bonchev–Trinajstić information content (AvgIpc) is 0.694. The molecule has 13 unspecified atom stereocenters. The molecule has 548 valence electrons. The first kappa shape index (κ1) is 82.9. The fourth-order valence-electron chi connectivity index (χ4n) is 12.0. The fraction of sp³-hybridized carbons (Fsp3) is 0.500. The van der Waals surface area contributed by atoms with Gasteiger partial charge in [0.05, 0.1) is 183 Å². The van der Waals surface area contributed by atoms with Crippen LogP contribution in [0.25, 0.3) is 0 Å². The highest BCUT2D eigenvalue weighted by Crippen LogP contribution is 2.59. The van der Waals surface area contributed by atoms with Gasteiger partial charge in [-0.3, -0.25) is 0 Å². The SMILES string of the molecule is CC(CO)OCC(C)OCC(C)OCC(C)OCC(C)OCC(C)OCC(C)OCC(C)OCC(C)OCC(C)OCC(C)OCC(O)C(C(c1ccccc1)(c1ccccc1)c1ccccc1)C(c1ccccc1)(c1ccccc1)c1ccccc1.OCC(O)COCc1ccccc1. The van der Waals surface area contributed by atoms with Crippen LogP contribution in [0.15, 0.2) is 212 Å². The molecule has 7 aromatic carbocycles. The molecule has 0 amide bonds. The van der Waals surface area contributed by atoms with E-state index < -0.39 is 29.0 Å². The second-order valence-corrected chi connectivity index (χ2v) is 26.5. The second-order valence-electron chi connectivity index (χ2n) is 26.5. The third kappa shape index (κ3) is 27.3. The quantitative estimate of drug-likeness (QED) is 0.0263. The van der Waals surface area contributed by atoms with Crippen LogP contribution >= 0.6 is 0 Å². The Bertz CT molecular complexity index is 2820. The first-order valence-electron chi connectivity index (χ1n) is 35.7. The number of rotatable bonds is 48. The number of hydrogen-bond acceptors (Lipinski definition) is 16. The van der Waals surface area contributed by atoms with E-state index in [9.17, 15) is 5.11 Å². The van der Waals surface area contributed by atoms with Crippen molar-refractivity contribution in [3.63, 3.8) is 0 Å². The van der Waals surface area contributed by atoms with Gasteiger partial charge in [-0.15, -0.1) is 0 Å². The van der Waals surface area contributed by atoms with E-state index >= 15 is 0 Å². The van der Waals surface area contributed by atoms with Crippen LogP contribution in [-0.4, -0.2) is 192 Å². The van der Waals surface area contributed by atoms with Gasteiger partial charge in [-0.2, -0.15) is 0 Å². The molecule has 0 spiro atoms. The van der Waals surface area contributed by atoms with Gasteiger partial charge in [0.25, 0.3) is 0 Å². The molecule has 0 aromatic heterocycles. The van der Waals surface area contributed by atoms with Gasteiger partial charge in [0.1, 0.15) is 6.10 Å². The monoisotopic (exact) mass is 1380 g/mol. The topological polar surface area (TPSA) is 192 Å². The van der Waals surface area contributed by atoms with E-state index in [1.807, 2.05) is 106 Å². The largest absolute Gasteiger partial charge is 0.394 e. The van der Waals surface area contributed by atoms with E-state index in [0.717, 1.165) is 38.9 Å². The third-order valence-electron chi connectivity index (χ3n) is 17.3. The zero-order valence-electron chi connectivity index (χ0n) is 61.1. The summed E-state index contributed by atoms with van der Waals surface area (Å²) in [7, 11) is 0. The van der Waals surface area contributed by atoms with Gasteiger partial charge in [0, 0.05) is 5.92 Å². The second kappa shape index (κ2) is 45.8. The number of ether oxygens (including phenoxy) is 12. The Morgan fingerprint density at radius 3 is 0.660 bits per heavy atom. The van der Waals surface area contributed by atoms with Crippen molar-refractivity contribution in [3.8, 4) is 0 Å². The van der Waals surface area contributed by atoms with Crippen LogP contribution in [0.2, 0.25) is 0 Å². The molecule has 0 saturated heterocycles. The number of aliphatic hydroxyl groups is 4. The summed E-state index contributed by atoms with van der Waals surface area (Å²) in [6, 6.07) is 73.7. The van der Waals surface area contributed by atoms with Crippen molar-refractivity contribution in [3.05, 3.63) is 251 Å². The van der Waals surface area contributed by atoms with Crippen LogP contribution < -0.4 is 0 Å². The Balaban J connectivity index is 0.00000108. The Kier molecular flexibility index (Phi) is 37.9. The van der Waals surface area contributed by atoms with Crippen molar-refractivity contribution in [1.29, 1.82) is 0 Å². The first-order chi connectivity index (χ1) is 48.4. The molecular formula is C84H116O16. The highest BCUT2D eigenvalue weighted by Gasteiger charge is 2.59. The molecule has 0 aliphatic carbocycles. The van der Waals surface area contributed by atoms with E-state index in [-0.39, 0.29) is 93.6 Å². The lowest BCUT2D eigenvalue weighted by Gasteiger charge is -2.55. The lowest BCUT2D eigenvalue weighted by atomic mass is 9.47. The molecule has 16 nitrogen and oxygen atoms in total. The van der Waals surface area contributed by atoms with Gasteiger partial charge >= 0.3 is 0 Å². The van der Waals surface area contributed by atoms with E-state index in [0.29, 0.717) is 72.7 Å². The predicted octanol–water partition coefficient (Wildman–Crippen LogP) is 13.0. The molecule has 0 bridgehead atoms. The standard InChI is InChI=1S/C74H102O13.C10H14O3/c1-54(42-75)77-43-55(2)78-44-56(3)79-45-57(4)80-46-58(5)81-47-59(6)82-48-60(7)83-49-61(8)84-50-62(9)85-51-63(10)86-52-64(11)87-53-71(76)72(73(65-30-18-12-19-31-65,66-32-20-13-21-33-66)67-34-22-14-23-35-67)74(68-36-24-15-25-37-68,69-38-26-16-27-39-69)70-40-28-17-29-41-70;11-6-10(12)8-13-7-9-4-2-1-3-5-9/h12-41,54-64,71-72,75-76H,42-53H2,1-11H3;1-5,10-12H,6-8H2. The molecular weight excluding hydrogens is 1260 g/mol. The van der Waals surface area contributed by atoms with Crippen molar-refractivity contribution in [2.45, 2.75) is 173 Å². The zero-order chi connectivity index (χ0) is 72.0. The van der Waals surface area contributed by atoms with E-state index in [1.54, 1.807) is 0 Å². The van der Waals surface area contributed by atoms with Gasteiger partial charge in [0.2, 0.25) is 0 Å². The first-order valence-corrected chi connectivity index (χ1v) is 35.7. The summed E-state index contributed by atoms with van der Waals surface area (Å²) >= 11 is 0. The Morgan fingerprint density at radius 1 is 0.250 bits per heavy atom. The molecule has 0 heterocycles. The van der Waals surface area contributed by atoms with Crippen LogP contribution in [0, 0.1) is 5.92 Å².